The molecule has 0 aliphatic rings. The van der Waals surface area contributed by atoms with E-state index in [9.17, 15) is 4.79 Å². The normalized spacial score (nSPS) is 14.3. The third-order valence-corrected chi connectivity index (χ3v) is 2.11. The minimum absolute atomic E-state index is 0.0833. The van der Waals surface area contributed by atoms with Gasteiger partial charge in [-0.3, -0.25) is 4.79 Å². The number of carboxylic acid groups (broad SMARTS) is 1. The van der Waals surface area contributed by atoms with Gasteiger partial charge < -0.3 is 10.8 Å². The van der Waals surface area contributed by atoms with E-state index in [4.69, 9.17) is 10.8 Å². The summed E-state index contributed by atoms with van der Waals surface area (Å²) < 4.78 is 0. The standard InChI is InChI=1S/C9H19NO2/c1-4-5-7(6-8(11)12)9(2,3)10/h7H,4-6,10H2,1-3H3,(H,11,12). The average Bonchev–Trinajstić information content (AvgIpc) is 1.83. The van der Waals surface area contributed by atoms with Crippen LogP contribution >= 0.6 is 0 Å². The van der Waals surface area contributed by atoms with Crippen LogP contribution in [0.2, 0.25) is 0 Å². The monoisotopic (exact) mass is 173 g/mol. The summed E-state index contributed by atoms with van der Waals surface area (Å²) in [5, 5.41) is 8.62. The highest BCUT2D eigenvalue weighted by atomic mass is 16.4. The van der Waals surface area contributed by atoms with Crippen LogP contribution in [0.4, 0.5) is 0 Å². The second-order valence-electron chi connectivity index (χ2n) is 3.90. The second-order valence-corrected chi connectivity index (χ2v) is 3.90. The zero-order valence-corrected chi connectivity index (χ0v) is 8.13. The number of hydrogen-bond donors (Lipinski definition) is 2. The van der Waals surface area contributed by atoms with Crippen LogP contribution in [-0.4, -0.2) is 16.6 Å². The lowest BCUT2D eigenvalue weighted by Crippen LogP contribution is -2.41. The van der Waals surface area contributed by atoms with Gasteiger partial charge in [0, 0.05) is 12.0 Å². The molecule has 0 aliphatic heterocycles. The first-order valence-electron chi connectivity index (χ1n) is 4.38. The highest BCUT2D eigenvalue weighted by Gasteiger charge is 2.26. The maximum atomic E-state index is 10.5. The summed E-state index contributed by atoms with van der Waals surface area (Å²) in [6.07, 6.45) is 2.05. The summed E-state index contributed by atoms with van der Waals surface area (Å²) in [5.74, 6) is -0.674. The van der Waals surface area contributed by atoms with Crippen molar-refractivity contribution in [3.8, 4) is 0 Å². The molecule has 0 aromatic carbocycles. The molecule has 0 saturated carbocycles. The van der Waals surface area contributed by atoms with Crippen LogP contribution in [0.15, 0.2) is 0 Å². The molecule has 3 N–H and O–H groups in total. The number of hydrogen-bond acceptors (Lipinski definition) is 2. The van der Waals surface area contributed by atoms with Gasteiger partial charge in [-0.1, -0.05) is 13.3 Å². The van der Waals surface area contributed by atoms with Crippen LogP contribution < -0.4 is 5.73 Å². The molecule has 3 nitrogen and oxygen atoms in total. The molecule has 0 saturated heterocycles. The molecular formula is C9H19NO2. The van der Waals surface area contributed by atoms with Crippen molar-refractivity contribution in [2.24, 2.45) is 11.7 Å². The van der Waals surface area contributed by atoms with Crippen LogP contribution in [0.1, 0.15) is 40.0 Å². The Hall–Kier alpha value is -0.570. The summed E-state index contributed by atoms with van der Waals surface area (Å²) >= 11 is 0. The molecule has 0 amide bonds. The molecule has 0 rings (SSSR count). The van der Waals surface area contributed by atoms with Crippen LogP contribution in [0, 0.1) is 5.92 Å². The van der Waals surface area contributed by atoms with Gasteiger partial charge in [0.1, 0.15) is 0 Å². The van der Waals surface area contributed by atoms with E-state index in [1.54, 1.807) is 0 Å². The van der Waals surface area contributed by atoms with Gasteiger partial charge in [-0.05, 0) is 26.2 Å². The van der Waals surface area contributed by atoms with Gasteiger partial charge >= 0.3 is 5.97 Å². The number of rotatable bonds is 5. The van der Waals surface area contributed by atoms with E-state index in [1.807, 2.05) is 20.8 Å². The SMILES string of the molecule is CCCC(CC(=O)O)C(C)(C)N. The first-order valence-corrected chi connectivity index (χ1v) is 4.38. The van der Waals surface area contributed by atoms with Gasteiger partial charge in [-0.25, -0.2) is 0 Å². The Morgan fingerprint density at radius 1 is 1.58 bits per heavy atom. The number of nitrogens with two attached hydrogens (primary N) is 1. The first-order chi connectivity index (χ1) is 5.38. The van der Waals surface area contributed by atoms with Crippen LogP contribution in [0.25, 0.3) is 0 Å². The summed E-state index contributed by atoms with van der Waals surface area (Å²) in [6, 6.07) is 0. The predicted molar refractivity (Wildman–Crippen MR) is 48.9 cm³/mol. The van der Waals surface area contributed by atoms with Gasteiger partial charge in [0.25, 0.3) is 0 Å². The van der Waals surface area contributed by atoms with E-state index in [1.165, 1.54) is 0 Å². The number of carbonyl (C=O) groups is 1. The van der Waals surface area contributed by atoms with E-state index in [0.29, 0.717) is 0 Å². The first kappa shape index (κ1) is 11.4. The predicted octanol–water partition coefficient (Wildman–Crippen LogP) is 1.61. The van der Waals surface area contributed by atoms with E-state index in [2.05, 4.69) is 0 Å². The zero-order valence-electron chi connectivity index (χ0n) is 8.13. The van der Waals surface area contributed by atoms with E-state index < -0.39 is 5.97 Å². The van der Waals surface area contributed by atoms with Gasteiger partial charge in [0.2, 0.25) is 0 Å². The number of carboxylic acids is 1. The van der Waals surface area contributed by atoms with Crippen molar-refractivity contribution in [1.29, 1.82) is 0 Å². The van der Waals surface area contributed by atoms with Gasteiger partial charge in [0.15, 0.2) is 0 Å². The second kappa shape index (κ2) is 4.45. The van der Waals surface area contributed by atoms with Crippen molar-refractivity contribution in [2.75, 3.05) is 0 Å². The lowest BCUT2D eigenvalue weighted by atomic mass is 9.83. The van der Waals surface area contributed by atoms with Gasteiger partial charge in [-0.15, -0.1) is 0 Å². The van der Waals surface area contributed by atoms with Crippen molar-refractivity contribution in [3.63, 3.8) is 0 Å². The molecule has 72 valence electrons. The van der Waals surface area contributed by atoms with E-state index in [-0.39, 0.29) is 17.9 Å². The Morgan fingerprint density at radius 2 is 2.08 bits per heavy atom. The quantitative estimate of drug-likeness (QED) is 0.664. The molecule has 0 aromatic rings. The van der Waals surface area contributed by atoms with Crippen molar-refractivity contribution in [2.45, 2.75) is 45.6 Å². The maximum absolute atomic E-state index is 10.5. The van der Waals surface area contributed by atoms with Crippen LogP contribution in [0.3, 0.4) is 0 Å². The summed E-state index contributed by atoms with van der Waals surface area (Å²) in [5.41, 5.74) is 5.47. The van der Waals surface area contributed by atoms with Crippen molar-refractivity contribution in [1.82, 2.24) is 0 Å². The zero-order chi connectivity index (χ0) is 9.78. The lowest BCUT2D eigenvalue weighted by molar-refractivity contribution is -0.138. The Morgan fingerprint density at radius 3 is 2.33 bits per heavy atom. The summed E-state index contributed by atoms with van der Waals surface area (Å²) in [6.45, 7) is 5.81. The molecule has 12 heavy (non-hydrogen) atoms. The molecule has 0 spiro atoms. The third kappa shape index (κ3) is 4.34. The van der Waals surface area contributed by atoms with Crippen LogP contribution in [-0.2, 0) is 4.79 Å². The molecule has 0 fully saturated rings. The molecule has 0 heterocycles. The van der Waals surface area contributed by atoms with Gasteiger partial charge in [-0.2, -0.15) is 0 Å². The van der Waals surface area contributed by atoms with Crippen molar-refractivity contribution < 1.29 is 9.90 Å². The molecule has 1 unspecified atom stereocenters. The average molecular weight is 173 g/mol. The molecule has 1 atom stereocenters. The fourth-order valence-corrected chi connectivity index (χ4v) is 1.30. The summed E-state index contributed by atoms with van der Waals surface area (Å²) in [4.78, 5) is 10.5. The topological polar surface area (TPSA) is 63.3 Å². The Bertz CT molecular complexity index is 149. The van der Waals surface area contributed by atoms with E-state index in [0.717, 1.165) is 12.8 Å². The van der Waals surface area contributed by atoms with Crippen molar-refractivity contribution >= 4 is 5.97 Å². The van der Waals surface area contributed by atoms with Gasteiger partial charge in [0.05, 0.1) is 0 Å². The molecular weight excluding hydrogens is 154 g/mol. The Balaban J connectivity index is 4.13. The fraction of sp³-hybridized carbons (Fsp3) is 0.889. The molecule has 0 aromatic heterocycles. The fourth-order valence-electron chi connectivity index (χ4n) is 1.30. The molecule has 0 aliphatic carbocycles. The Kier molecular flexibility index (Phi) is 4.24. The smallest absolute Gasteiger partial charge is 0.303 e. The minimum atomic E-state index is -0.757. The highest BCUT2D eigenvalue weighted by Crippen LogP contribution is 2.22. The lowest BCUT2D eigenvalue weighted by Gasteiger charge is -2.29. The highest BCUT2D eigenvalue weighted by molar-refractivity contribution is 5.67. The van der Waals surface area contributed by atoms with Crippen molar-refractivity contribution in [3.05, 3.63) is 0 Å². The van der Waals surface area contributed by atoms with Crippen LogP contribution in [0.5, 0.6) is 0 Å². The largest absolute Gasteiger partial charge is 0.481 e. The maximum Gasteiger partial charge on any atom is 0.303 e. The molecule has 0 radical (unpaired) electrons. The molecule has 3 heteroatoms. The third-order valence-electron chi connectivity index (χ3n) is 2.11. The minimum Gasteiger partial charge on any atom is -0.481 e. The van der Waals surface area contributed by atoms with E-state index >= 15 is 0 Å². The summed E-state index contributed by atoms with van der Waals surface area (Å²) in [7, 11) is 0. The number of aliphatic carboxylic acids is 1. The Labute approximate surface area is 74.0 Å². The molecule has 0 bridgehead atoms.